The number of Topliss-reactive ketones (excluding diaryl/α,β-unsaturated/α-hetero) is 1. The standard InChI is InChI=1S/C13H14Cl2N2O2/c14-10-3-9(4-11(15)6-10)5-12(18)8-17-2-1-16-7-13(17)19/h3-4,6,16H,1-2,5,7-8H2. The first kappa shape index (κ1) is 14.3. The fourth-order valence-corrected chi connectivity index (χ4v) is 2.59. The molecule has 1 amide bonds. The van der Waals surface area contributed by atoms with Gasteiger partial charge in [0.25, 0.3) is 0 Å². The van der Waals surface area contributed by atoms with Gasteiger partial charge in [-0.1, -0.05) is 23.2 Å². The molecular weight excluding hydrogens is 287 g/mol. The first-order valence-electron chi connectivity index (χ1n) is 6.00. The van der Waals surface area contributed by atoms with E-state index in [0.29, 0.717) is 23.1 Å². The van der Waals surface area contributed by atoms with Crippen LogP contribution in [0.4, 0.5) is 0 Å². The fourth-order valence-electron chi connectivity index (χ4n) is 2.02. The van der Waals surface area contributed by atoms with Gasteiger partial charge < -0.3 is 10.2 Å². The third-order valence-corrected chi connectivity index (χ3v) is 3.31. The average molecular weight is 301 g/mol. The van der Waals surface area contributed by atoms with Crippen LogP contribution >= 0.6 is 23.2 Å². The minimum atomic E-state index is -0.0382. The summed E-state index contributed by atoms with van der Waals surface area (Å²) in [5.41, 5.74) is 0.769. The first-order valence-corrected chi connectivity index (χ1v) is 6.75. The molecule has 0 spiro atoms. The highest BCUT2D eigenvalue weighted by molar-refractivity contribution is 6.34. The van der Waals surface area contributed by atoms with E-state index in [1.807, 2.05) is 0 Å². The van der Waals surface area contributed by atoms with Gasteiger partial charge >= 0.3 is 0 Å². The van der Waals surface area contributed by atoms with Crippen molar-refractivity contribution in [1.29, 1.82) is 0 Å². The van der Waals surface area contributed by atoms with Crippen LogP contribution < -0.4 is 5.32 Å². The summed E-state index contributed by atoms with van der Waals surface area (Å²) in [6.07, 6.45) is 0.234. The normalized spacial score (nSPS) is 15.7. The number of halogens is 2. The van der Waals surface area contributed by atoms with Crippen molar-refractivity contribution >= 4 is 34.9 Å². The molecule has 1 fully saturated rings. The van der Waals surface area contributed by atoms with E-state index in [-0.39, 0.29) is 24.7 Å². The molecule has 1 saturated heterocycles. The Morgan fingerprint density at radius 1 is 1.26 bits per heavy atom. The Hall–Kier alpha value is -1.10. The minimum Gasteiger partial charge on any atom is -0.333 e. The van der Waals surface area contributed by atoms with E-state index in [1.54, 1.807) is 23.1 Å². The smallest absolute Gasteiger partial charge is 0.236 e. The second-order valence-electron chi connectivity index (χ2n) is 4.49. The molecule has 1 aromatic carbocycles. The van der Waals surface area contributed by atoms with E-state index in [1.165, 1.54) is 0 Å². The van der Waals surface area contributed by atoms with Crippen LogP contribution in [-0.4, -0.2) is 42.8 Å². The van der Waals surface area contributed by atoms with E-state index in [2.05, 4.69) is 5.32 Å². The highest BCUT2D eigenvalue weighted by Gasteiger charge is 2.20. The molecule has 0 atom stereocenters. The molecule has 1 aromatic rings. The maximum atomic E-state index is 11.9. The summed E-state index contributed by atoms with van der Waals surface area (Å²) in [5, 5.41) is 3.98. The lowest BCUT2D eigenvalue weighted by Crippen LogP contribution is -2.49. The van der Waals surface area contributed by atoms with Crippen molar-refractivity contribution in [1.82, 2.24) is 10.2 Å². The molecule has 4 nitrogen and oxygen atoms in total. The molecule has 0 aliphatic carbocycles. The summed E-state index contributed by atoms with van der Waals surface area (Å²) in [6, 6.07) is 5.05. The largest absolute Gasteiger partial charge is 0.333 e. The number of hydrogen-bond acceptors (Lipinski definition) is 3. The summed E-state index contributed by atoms with van der Waals surface area (Å²) in [4.78, 5) is 25.1. The van der Waals surface area contributed by atoms with E-state index >= 15 is 0 Å². The van der Waals surface area contributed by atoms with Gasteiger partial charge in [-0.3, -0.25) is 9.59 Å². The molecule has 19 heavy (non-hydrogen) atoms. The molecule has 0 unspecified atom stereocenters. The average Bonchev–Trinajstić information content (AvgIpc) is 2.30. The number of nitrogens with one attached hydrogen (secondary N) is 1. The molecule has 0 saturated carbocycles. The van der Waals surface area contributed by atoms with Crippen LogP contribution in [0.25, 0.3) is 0 Å². The van der Waals surface area contributed by atoms with Crippen LogP contribution in [0.15, 0.2) is 18.2 Å². The van der Waals surface area contributed by atoms with Crippen LogP contribution in [0.1, 0.15) is 5.56 Å². The van der Waals surface area contributed by atoms with Gasteiger partial charge in [-0.25, -0.2) is 0 Å². The quantitative estimate of drug-likeness (QED) is 0.917. The van der Waals surface area contributed by atoms with Gasteiger partial charge in [-0.15, -0.1) is 0 Å². The van der Waals surface area contributed by atoms with Crippen molar-refractivity contribution in [2.24, 2.45) is 0 Å². The van der Waals surface area contributed by atoms with Gasteiger partial charge in [0.15, 0.2) is 5.78 Å². The Balaban J connectivity index is 1.95. The topological polar surface area (TPSA) is 49.4 Å². The van der Waals surface area contributed by atoms with E-state index < -0.39 is 0 Å². The van der Waals surface area contributed by atoms with Gasteiger partial charge in [0, 0.05) is 29.6 Å². The molecule has 2 rings (SSSR count). The predicted octanol–water partition coefficient (Wildman–Crippen LogP) is 1.54. The van der Waals surface area contributed by atoms with E-state index in [4.69, 9.17) is 23.2 Å². The van der Waals surface area contributed by atoms with Crippen molar-refractivity contribution < 1.29 is 9.59 Å². The van der Waals surface area contributed by atoms with Crippen LogP contribution in [-0.2, 0) is 16.0 Å². The zero-order valence-electron chi connectivity index (χ0n) is 10.3. The van der Waals surface area contributed by atoms with Crippen molar-refractivity contribution in [3.05, 3.63) is 33.8 Å². The van der Waals surface area contributed by atoms with Gasteiger partial charge in [0.05, 0.1) is 13.1 Å². The number of benzene rings is 1. The lowest BCUT2D eigenvalue weighted by molar-refractivity contribution is -0.135. The van der Waals surface area contributed by atoms with Crippen LogP contribution in [0.2, 0.25) is 10.0 Å². The lowest BCUT2D eigenvalue weighted by Gasteiger charge is -2.26. The molecular formula is C13H14Cl2N2O2. The summed E-state index contributed by atoms with van der Waals surface area (Å²) >= 11 is 11.8. The van der Waals surface area contributed by atoms with Gasteiger partial charge in [0.1, 0.15) is 0 Å². The summed E-state index contributed by atoms with van der Waals surface area (Å²) in [7, 11) is 0. The van der Waals surface area contributed by atoms with E-state index in [0.717, 1.165) is 12.1 Å². The maximum absolute atomic E-state index is 11.9. The minimum absolute atomic E-state index is 0.0198. The molecule has 102 valence electrons. The van der Waals surface area contributed by atoms with Crippen molar-refractivity contribution in [3.63, 3.8) is 0 Å². The molecule has 0 radical (unpaired) electrons. The molecule has 0 aromatic heterocycles. The Morgan fingerprint density at radius 3 is 2.58 bits per heavy atom. The SMILES string of the molecule is O=C(Cc1cc(Cl)cc(Cl)c1)CN1CCNCC1=O. The second kappa shape index (κ2) is 6.37. The number of carbonyl (C=O) groups is 2. The number of piperazine rings is 1. The highest BCUT2D eigenvalue weighted by Crippen LogP contribution is 2.19. The number of hydrogen-bond donors (Lipinski definition) is 1. The van der Waals surface area contributed by atoms with Crippen LogP contribution in [0.3, 0.4) is 0 Å². The highest BCUT2D eigenvalue weighted by atomic mass is 35.5. The van der Waals surface area contributed by atoms with Gasteiger partial charge in [-0.2, -0.15) is 0 Å². The van der Waals surface area contributed by atoms with Gasteiger partial charge in [0.2, 0.25) is 5.91 Å². The first-order chi connectivity index (χ1) is 9.04. The Morgan fingerprint density at radius 2 is 1.95 bits per heavy atom. The summed E-state index contributed by atoms with van der Waals surface area (Å²) < 4.78 is 0. The van der Waals surface area contributed by atoms with Gasteiger partial charge in [-0.05, 0) is 23.8 Å². The zero-order chi connectivity index (χ0) is 13.8. The van der Waals surface area contributed by atoms with Crippen molar-refractivity contribution in [2.75, 3.05) is 26.2 Å². The fraction of sp³-hybridized carbons (Fsp3) is 0.385. The molecule has 1 N–H and O–H groups in total. The van der Waals surface area contributed by atoms with Crippen molar-refractivity contribution in [3.8, 4) is 0 Å². The Kier molecular flexibility index (Phi) is 4.80. The molecule has 1 heterocycles. The Labute approximate surface area is 121 Å². The summed E-state index contributed by atoms with van der Waals surface area (Å²) in [5.74, 6) is -0.0580. The second-order valence-corrected chi connectivity index (χ2v) is 5.36. The third-order valence-electron chi connectivity index (χ3n) is 2.88. The molecule has 6 heteroatoms. The lowest BCUT2D eigenvalue weighted by atomic mass is 10.1. The molecule has 1 aliphatic rings. The van der Waals surface area contributed by atoms with E-state index in [9.17, 15) is 9.59 Å². The molecule has 1 aliphatic heterocycles. The van der Waals surface area contributed by atoms with Crippen molar-refractivity contribution in [2.45, 2.75) is 6.42 Å². The Bertz CT molecular complexity index is 485. The zero-order valence-corrected chi connectivity index (χ0v) is 11.8. The number of amides is 1. The van der Waals surface area contributed by atoms with Crippen LogP contribution in [0, 0.1) is 0 Å². The maximum Gasteiger partial charge on any atom is 0.236 e. The third kappa shape index (κ3) is 4.20. The predicted molar refractivity (Wildman–Crippen MR) is 74.6 cm³/mol. The number of rotatable bonds is 4. The van der Waals surface area contributed by atoms with Crippen LogP contribution in [0.5, 0.6) is 0 Å². The molecule has 0 bridgehead atoms. The summed E-state index contributed by atoms with van der Waals surface area (Å²) in [6.45, 7) is 1.74. The number of nitrogens with zero attached hydrogens (tertiary/aromatic N) is 1. The number of carbonyl (C=O) groups excluding carboxylic acids is 2. The monoisotopic (exact) mass is 300 g/mol. The number of ketones is 1.